The van der Waals surface area contributed by atoms with Crippen molar-refractivity contribution in [2.75, 3.05) is 31.6 Å². The van der Waals surface area contributed by atoms with Gasteiger partial charge in [0.2, 0.25) is 10.0 Å². The number of hydrogen-bond acceptors (Lipinski definition) is 6. The molecular weight excluding hydrogens is 410 g/mol. The van der Waals surface area contributed by atoms with E-state index in [1.807, 2.05) is 32.0 Å². The molecule has 29 heavy (non-hydrogen) atoms. The van der Waals surface area contributed by atoms with E-state index in [1.165, 1.54) is 15.6 Å². The smallest absolute Gasteiger partial charge is 0.257 e. The van der Waals surface area contributed by atoms with Crippen molar-refractivity contribution in [2.45, 2.75) is 18.7 Å². The van der Waals surface area contributed by atoms with E-state index >= 15 is 0 Å². The van der Waals surface area contributed by atoms with Gasteiger partial charge in [-0.25, -0.2) is 13.4 Å². The van der Waals surface area contributed by atoms with Crippen molar-refractivity contribution in [2.24, 2.45) is 0 Å². The van der Waals surface area contributed by atoms with E-state index in [4.69, 9.17) is 4.74 Å². The number of carbonyl (C=O) groups is 1. The third-order valence-corrected chi connectivity index (χ3v) is 7.50. The van der Waals surface area contributed by atoms with Crippen molar-refractivity contribution in [3.8, 4) is 0 Å². The van der Waals surface area contributed by atoms with Crippen molar-refractivity contribution < 1.29 is 17.9 Å². The summed E-state index contributed by atoms with van der Waals surface area (Å²) in [6.45, 7) is 5.38. The number of rotatable bonds is 4. The molecule has 3 aromatic rings. The first-order valence-electron chi connectivity index (χ1n) is 9.21. The first-order chi connectivity index (χ1) is 13.8. The molecule has 0 unspecified atom stereocenters. The van der Waals surface area contributed by atoms with Gasteiger partial charge in [-0.1, -0.05) is 28.5 Å². The molecule has 0 saturated carbocycles. The Bertz CT molecular complexity index is 1160. The van der Waals surface area contributed by atoms with E-state index in [0.717, 1.165) is 11.1 Å². The number of amides is 1. The van der Waals surface area contributed by atoms with Crippen LogP contribution in [0, 0.1) is 13.8 Å². The van der Waals surface area contributed by atoms with Gasteiger partial charge < -0.3 is 4.74 Å². The van der Waals surface area contributed by atoms with Crippen molar-refractivity contribution in [1.29, 1.82) is 0 Å². The van der Waals surface area contributed by atoms with E-state index in [-0.39, 0.29) is 10.8 Å². The van der Waals surface area contributed by atoms with E-state index in [1.54, 1.807) is 18.2 Å². The SMILES string of the molecule is Cc1cc(C)cc(C(=O)Nc2nc3ccc(S(=O)(=O)N4CCOCC4)cc3s2)c1. The number of aryl methyl sites for hydroxylation is 2. The normalized spacial score (nSPS) is 15.5. The summed E-state index contributed by atoms with van der Waals surface area (Å²) >= 11 is 1.25. The quantitative estimate of drug-likeness (QED) is 0.685. The summed E-state index contributed by atoms with van der Waals surface area (Å²) in [7, 11) is -3.57. The summed E-state index contributed by atoms with van der Waals surface area (Å²) in [6.07, 6.45) is 0. The van der Waals surface area contributed by atoms with Crippen LogP contribution in [0.1, 0.15) is 21.5 Å². The summed E-state index contributed by atoms with van der Waals surface area (Å²) in [5.41, 5.74) is 3.24. The van der Waals surface area contributed by atoms with Gasteiger partial charge in [0.15, 0.2) is 5.13 Å². The molecule has 0 bridgehead atoms. The van der Waals surface area contributed by atoms with Crippen LogP contribution < -0.4 is 5.32 Å². The molecule has 7 nitrogen and oxygen atoms in total. The van der Waals surface area contributed by atoms with E-state index in [9.17, 15) is 13.2 Å². The zero-order chi connectivity index (χ0) is 20.6. The fourth-order valence-corrected chi connectivity index (χ4v) is 5.74. The number of benzene rings is 2. The zero-order valence-electron chi connectivity index (χ0n) is 16.1. The molecule has 0 aliphatic carbocycles. The molecule has 0 atom stereocenters. The minimum atomic E-state index is -3.57. The lowest BCUT2D eigenvalue weighted by Gasteiger charge is -2.25. The Morgan fingerprint density at radius 3 is 2.48 bits per heavy atom. The monoisotopic (exact) mass is 431 g/mol. The summed E-state index contributed by atoms with van der Waals surface area (Å²) in [5.74, 6) is -0.239. The summed E-state index contributed by atoms with van der Waals surface area (Å²) in [6, 6.07) is 10.5. The second-order valence-electron chi connectivity index (χ2n) is 7.00. The maximum Gasteiger partial charge on any atom is 0.257 e. The van der Waals surface area contributed by atoms with E-state index in [0.29, 0.717) is 47.2 Å². The zero-order valence-corrected chi connectivity index (χ0v) is 17.8. The fraction of sp³-hybridized carbons (Fsp3) is 0.300. The highest BCUT2D eigenvalue weighted by Gasteiger charge is 2.26. The van der Waals surface area contributed by atoms with Crippen molar-refractivity contribution >= 4 is 42.6 Å². The number of fused-ring (bicyclic) bond motifs is 1. The van der Waals surface area contributed by atoms with Crippen LogP contribution in [0.3, 0.4) is 0 Å². The minimum absolute atomic E-state index is 0.225. The summed E-state index contributed by atoms with van der Waals surface area (Å²) in [4.78, 5) is 17.2. The van der Waals surface area contributed by atoms with Crippen LogP contribution in [-0.2, 0) is 14.8 Å². The van der Waals surface area contributed by atoms with Crippen molar-refractivity contribution in [3.63, 3.8) is 0 Å². The second kappa shape index (κ2) is 7.83. The molecule has 1 aliphatic rings. The first-order valence-corrected chi connectivity index (χ1v) is 11.5. The number of aromatic nitrogens is 1. The number of anilines is 1. The highest BCUT2D eigenvalue weighted by molar-refractivity contribution is 7.89. The topological polar surface area (TPSA) is 88.6 Å². The van der Waals surface area contributed by atoms with Crippen molar-refractivity contribution in [3.05, 3.63) is 53.1 Å². The van der Waals surface area contributed by atoms with Crippen molar-refractivity contribution in [1.82, 2.24) is 9.29 Å². The highest BCUT2D eigenvalue weighted by atomic mass is 32.2. The fourth-order valence-electron chi connectivity index (χ4n) is 3.33. The average molecular weight is 432 g/mol. The molecule has 2 aromatic carbocycles. The third-order valence-electron chi connectivity index (χ3n) is 4.67. The highest BCUT2D eigenvalue weighted by Crippen LogP contribution is 2.29. The van der Waals surface area contributed by atoms with Gasteiger partial charge in [-0.3, -0.25) is 10.1 Å². The van der Waals surface area contributed by atoms with Crippen LogP contribution in [0.2, 0.25) is 0 Å². The van der Waals surface area contributed by atoms with E-state index < -0.39 is 10.0 Å². The minimum Gasteiger partial charge on any atom is -0.379 e. The number of thiazole rings is 1. The van der Waals surface area contributed by atoms with Crippen LogP contribution in [0.5, 0.6) is 0 Å². The molecule has 1 N–H and O–H groups in total. The lowest BCUT2D eigenvalue weighted by atomic mass is 10.1. The molecule has 1 amide bonds. The Labute approximate surface area is 173 Å². The van der Waals surface area contributed by atoms with Gasteiger partial charge in [0, 0.05) is 18.7 Å². The Hall–Kier alpha value is -2.33. The number of morpholine rings is 1. The number of carbonyl (C=O) groups excluding carboxylic acids is 1. The maximum absolute atomic E-state index is 12.8. The predicted molar refractivity (Wildman–Crippen MR) is 113 cm³/mol. The standard InChI is InChI=1S/C20H21N3O4S2/c1-13-9-14(2)11-15(10-13)19(24)22-20-21-17-4-3-16(12-18(17)28-20)29(25,26)23-5-7-27-8-6-23/h3-4,9-12H,5-8H2,1-2H3,(H,21,22,24). The van der Waals surface area contributed by atoms with Crippen LogP contribution in [0.4, 0.5) is 5.13 Å². The molecule has 152 valence electrons. The van der Waals surface area contributed by atoms with Gasteiger partial charge >= 0.3 is 0 Å². The molecule has 1 saturated heterocycles. The lowest BCUT2D eigenvalue weighted by molar-refractivity contribution is 0.0730. The molecule has 4 rings (SSSR count). The molecule has 2 heterocycles. The third kappa shape index (κ3) is 4.18. The van der Waals surface area contributed by atoms with E-state index in [2.05, 4.69) is 10.3 Å². The van der Waals surface area contributed by atoms with Crippen LogP contribution in [0.15, 0.2) is 41.3 Å². The average Bonchev–Trinajstić information content (AvgIpc) is 3.09. The van der Waals surface area contributed by atoms with Gasteiger partial charge in [-0.15, -0.1) is 0 Å². The van der Waals surface area contributed by atoms with Gasteiger partial charge in [0.1, 0.15) is 0 Å². The summed E-state index contributed by atoms with van der Waals surface area (Å²) < 4.78 is 33.1. The Balaban J connectivity index is 1.59. The number of nitrogens with zero attached hydrogens (tertiary/aromatic N) is 2. The van der Waals surface area contributed by atoms with Gasteiger partial charge in [0.25, 0.3) is 5.91 Å². The van der Waals surface area contributed by atoms with Gasteiger partial charge in [-0.05, 0) is 44.2 Å². The number of nitrogens with one attached hydrogen (secondary N) is 1. The molecule has 0 radical (unpaired) electrons. The Morgan fingerprint density at radius 1 is 1.10 bits per heavy atom. The number of ether oxygens (including phenoxy) is 1. The summed E-state index contributed by atoms with van der Waals surface area (Å²) in [5, 5.41) is 3.25. The molecule has 0 spiro atoms. The molecule has 1 aliphatic heterocycles. The first kappa shape index (κ1) is 20.0. The van der Waals surface area contributed by atoms with Gasteiger partial charge in [-0.2, -0.15) is 4.31 Å². The molecule has 1 fully saturated rings. The number of hydrogen-bond donors (Lipinski definition) is 1. The number of sulfonamides is 1. The van der Waals surface area contributed by atoms with Crippen LogP contribution in [0.25, 0.3) is 10.2 Å². The maximum atomic E-state index is 12.8. The Kier molecular flexibility index (Phi) is 5.39. The molecule has 9 heteroatoms. The predicted octanol–water partition coefficient (Wildman–Crippen LogP) is 3.19. The molecular formula is C20H21N3O4S2. The molecule has 1 aromatic heterocycles. The van der Waals surface area contributed by atoms with Gasteiger partial charge in [0.05, 0.1) is 28.3 Å². The largest absolute Gasteiger partial charge is 0.379 e. The Morgan fingerprint density at radius 2 is 1.79 bits per heavy atom. The van der Waals surface area contributed by atoms with Crippen LogP contribution in [-0.4, -0.2) is 49.9 Å². The van der Waals surface area contributed by atoms with Crippen LogP contribution >= 0.6 is 11.3 Å². The lowest BCUT2D eigenvalue weighted by Crippen LogP contribution is -2.40. The second-order valence-corrected chi connectivity index (χ2v) is 9.96.